The molecule has 1 aliphatic heterocycles. The molecule has 5 heteroatoms. The van der Waals surface area contributed by atoms with Crippen LogP contribution in [0, 0.1) is 19.8 Å². The summed E-state index contributed by atoms with van der Waals surface area (Å²) < 4.78 is 5.48. The summed E-state index contributed by atoms with van der Waals surface area (Å²) in [5, 5.41) is 0. The van der Waals surface area contributed by atoms with Crippen LogP contribution < -0.4 is 4.74 Å². The van der Waals surface area contributed by atoms with Gasteiger partial charge in [-0.1, -0.05) is 6.07 Å². The van der Waals surface area contributed by atoms with Crippen LogP contribution in [0.3, 0.4) is 0 Å². The van der Waals surface area contributed by atoms with Crippen LogP contribution in [0.2, 0.25) is 0 Å². The number of nitrogens with zero attached hydrogens (tertiary/aromatic N) is 2. The first-order chi connectivity index (χ1) is 12.0. The van der Waals surface area contributed by atoms with E-state index in [1.807, 2.05) is 29.7 Å². The Morgan fingerprint density at radius 3 is 2.44 bits per heavy atom. The lowest BCUT2D eigenvalue weighted by molar-refractivity contribution is -0.134. The minimum atomic E-state index is 0.117. The van der Waals surface area contributed by atoms with Gasteiger partial charge in [0.2, 0.25) is 11.8 Å². The Balaban J connectivity index is 1.64. The highest BCUT2D eigenvalue weighted by Crippen LogP contribution is 2.31. The summed E-state index contributed by atoms with van der Waals surface area (Å²) in [4.78, 5) is 28.9. The summed E-state index contributed by atoms with van der Waals surface area (Å²) in [7, 11) is 1.65. The largest absolute Gasteiger partial charge is 0.496 e. The lowest BCUT2D eigenvalue weighted by Gasteiger charge is -2.23. The van der Waals surface area contributed by atoms with Crippen LogP contribution in [0.5, 0.6) is 5.75 Å². The van der Waals surface area contributed by atoms with Gasteiger partial charge in [0.05, 0.1) is 13.5 Å². The van der Waals surface area contributed by atoms with E-state index in [1.165, 1.54) is 0 Å². The first-order valence-corrected chi connectivity index (χ1v) is 9.20. The van der Waals surface area contributed by atoms with Crippen LogP contribution in [-0.4, -0.2) is 54.9 Å². The first-order valence-electron chi connectivity index (χ1n) is 9.20. The van der Waals surface area contributed by atoms with Crippen molar-refractivity contribution in [1.82, 2.24) is 9.80 Å². The van der Waals surface area contributed by atoms with E-state index in [1.54, 1.807) is 7.11 Å². The van der Waals surface area contributed by atoms with Crippen LogP contribution in [0.4, 0.5) is 0 Å². The number of amides is 2. The van der Waals surface area contributed by atoms with Gasteiger partial charge in [-0.3, -0.25) is 9.59 Å². The van der Waals surface area contributed by atoms with E-state index in [-0.39, 0.29) is 17.7 Å². The summed E-state index contributed by atoms with van der Waals surface area (Å²) in [6, 6.07) is 4.07. The van der Waals surface area contributed by atoms with Crippen molar-refractivity contribution in [1.29, 1.82) is 0 Å². The van der Waals surface area contributed by atoms with Crippen LogP contribution in [0.1, 0.15) is 36.0 Å². The maximum absolute atomic E-state index is 12.8. The molecule has 1 saturated heterocycles. The van der Waals surface area contributed by atoms with Gasteiger partial charge in [-0.15, -0.1) is 0 Å². The highest BCUT2D eigenvalue weighted by molar-refractivity contribution is 5.82. The molecule has 1 aliphatic carbocycles. The summed E-state index contributed by atoms with van der Waals surface area (Å²) in [5.41, 5.74) is 3.19. The number of ether oxygens (including phenoxy) is 1. The fourth-order valence-corrected chi connectivity index (χ4v) is 3.61. The normalized spacial score (nSPS) is 18.0. The molecule has 0 aromatic heterocycles. The molecule has 1 heterocycles. The summed E-state index contributed by atoms with van der Waals surface area (Å²) in [6.07, 6.45) is 3.27. The molecule has 3 rings (SSSR count). The van der Waals surface area contributed by atoms with E-state index in [0.717, 1.165) is 54.8 Å². The van der Waals surface area contributed by atoms with Crippen LogP contribution in [-0.2, 0) is 16.0 Å². The van der Waals surface area contributed by atoms with Gasteiger partial charge in [0.1, 0.15) is 5.75 Å². The molecule has 0 unspecified atom stereocenters. The summed E-state index contributed by atoms with van der Waals surface area (Å²) >= 11 is 0. The topological polar surface area (TPSA) is 49.9 Å². The molecule has 2 amide bonds. The molecule has 5 nitrogen and oxygen atoms in total. The average Bonchev–Trinajstić information content (AvgIpc) is 3.42. The smallest absolute Gasteiger partial charge is 0.227 e. The maximum atomic E-state index is 12.8. The highest BCUT2D eigenvalue weighted by Gasteiger charge is 2.34. The number of hydrogen-bond acceptors (Lipinski definition) is 3. The molecular weight excluding hydrogens is 316 g/mol. The number of aryl methyl sites for hydroxylation is 2. The molecule has 0 bridgehead atoms. The molecule has 1 saturated carbocycles. The average molecular weight is 344 g/mol. The number of hydrogen-bond donors (Lipinski definition) is 0. The SMILES string of the molecule is COc1cc(C)cc(C)c1CC(=O)N1CCCN(C(=O)C2CC2)CC1. The van der Waals surface area contributed by atoms with Gasteiger partial charge in [0.15, 0.2) is 0 Å². The standard InChI is InChI=1S/C20H28N2O3/c1-14-11-15(2)17(18(12-14)25-3)13-19(23)21-7-4-8-22(10-9-21)20(24)16-5-6-16/h11-12,16H,4-10,13H2,1-3H3. The van der Waals surface area contributed by atoms with E-state index >= 15 is 0 Å². The van der Waals surface area contributed by atoms with Gasteiger partial charge in [-0.25, -0.2) is 0 Å². The van der Waals surface area contributed by atoms with Crippen molar-refractivity contribution in [2.75, 3.05) is 33.3 Å². The Kier molecular flexibility index (Phi) is 5.30. The Labute approximate surface area is 149 Å². The predicted molar refractivity (Wildman–Crippen MR) is 96.7 cm³/mol. The zero-order valence-corrected chi connectivity index (χ0v) is 15.5. The summed E-state index contributed by atoms with van der Waals surface area (Å²) in [5.74, 6) is 1.43. The van der Waals surface area contributed by atoms with Crippen molar-refractivity contribution >= 4 is 11.8 Å². The van der Waals surface area contributed by atoms with Crippen LogP contribution >= 0.6 is 0 Å². The first kappa shape index (κ1) is 17.8. The number of rotatable bonds is 4. The number of methoxy groups -OCH3 is 1. The number of carbonyl (C=O) groups excluding carboxylic acids is 2. The lowest BCUT2D eigenvalue weighted by atomic mass is 10.0. The Morgan fingerprint density at radius 2 is 1.76 bits per heavy atom. The Bertz CT molecular complexity index is 667. The number of carbonyl (C=O) groups is 2. The van der Waals surface area contributed by atoms with Gasteiger partial charge >= 0.3 is 0 Å². The van der Waals surface area contributed by atoms with Gasteiger partial charge in [-0.2, -0.15) is 0 Å². The van der Waals surface area contributed by atoms with Gasteiger partial charge in [0.25, 0.3) is 0 Å². The monoisotopic (exact) mass is 344 g/mol. The highest BCUT2D eigenvalue weighted by atomic mass is 16.5. The van der Waals surface area contributed by atoms with Crippen molar-refractivity contribution in [2.24, 2.45) is 5.92 Å². The van der Waals surface area contributed by atoms with Crippen molar-refractivity contribution < 1.29 is 14.3 Å². The van der Waals surface area contributed by atoms with Crippen molar-refractivity contribution in [3.8, 4) is 5.75 Å². The molecule has 0 atom stereocenters. The third-order valence-corrected chi connectivity index (χ3v) is 5.21. The van der Waals surface area contributed by atoms with Crippen molar-refractivity contribution in [3.05, 3.63) is 28.8 Å². The van der Waals surface area contributed by atoms with E-state index < -0.39 is 0 Å². The van der Waals surface area contributed by atoms with E-state index in [9.17, 15) is 9.59 Å². The molecule has 0 spiro atoms. The molecule has 2 fully saturated rings. The van der Waals surface area contributed by atoms with Gasteiger partial charge in [0, 0.05) is 37.7 Å². The molecule has 1 aromatic carbocycles. The third-order valence-electron chi connectivity index (χ3n) is 5.21. The molecule has 0 N–H and O–H groups in total. The Morgan fingerprint density at radius 1 is 1.08 bits per heavy atom. The molecule has 0 radical (unpaired) electrons. The molecule has 25 heavy (non-hydrogen) atoms. The van der Waals surface area contributed by atoms with Gasteiger partial charge in [-0.05, 0) is 50.3 Å². The van der Waals surface area contributed by atoms with E-state index in [4.69, 9.17) is 4.74 Å². The second kappa shape index (κ2) is 7.46. The van der Waals surface area contributed by atoms with E-state index in [0.29, 0.717) is 19.5 Å². The predicted octanol–water partition coefficient (Wildman–Crippen LogP) is 2.33. The molecular formula is C20H28N2O3. The van der Waals surface area contributed by atoms with Crippen molar-refractivity contribution in [2.45, 2.75) is 39.5 Å². The minimum Gasteiger partial charge on any atom is -0.496 e. The second-order valence-electron chi connectivity index (χ2n) is 7.27. The maximum Gasteiger partial charge on any atom is 0.227 e. The van der Waals surface area contributed by atoms with E-state index in [2.05, 4.69) is 6.07 Å². The fraction of sp³-hybridized carbons (Fsp3) is 0.600. The zero-order valence-electron chi connectivity index (χ0n) is 15.5. The fourth-order valence-electron chi connectivity index (χ4n) is 3.61. The minimum absolute atomic E-state index is 0.117. The second-order valence-corrected chi connectivity index (χ2v) is 7.27. The zero-order chi connectivity index (χ0) is 18.0. The Hall–Kier alpha value is -2.04. The summed E-state index contributed by atoms with van der Waals surface area (Å²) in [6.45, 7) is 6.83. The van der Waals surface area contributed by atoms with Crippen molar-refractivity contribution in [3.63, 3.8) is 0 Å². The number of benzene rings is 1. The van der Waals surface area contributed by atoms with Gasteiger partial charge < -0.3 is 14.5 Å². The quantitative estimate of drug-likeness (QED) is 0.842. The molecule has 136 valence electrons. The van der Waals surface area contributed by atoms with Crippen LogP contribution in [0.15, 0.2) is 12.1 Å². The lowest BCUT2D eigenvalue weighted by Crippen LogP contribution is -2.38. The molecule has 1 aromatic rings. The third kappa shape index (κ3) is 4.14. The van der Waals surface area contributed by atoms with Crippen LogP contribution in [0.25, 0.3) is 0 Å². The molecule has 2 aliphatic rings.